The summed E-state index contributed by atoms with van der Waals surface area (Å²) in [5.74, 6) is -3.50. The number of rotatable bonds is 1. The molecule has 4 N–H and O–H groups in total. The Bertz CT molecular complexity index is 1260. The number of hydrogen-bond acceptors (Lipinski definition) is 7. The molecule has 0 aromatic heterocycles. The van der Waals surface area contributed by atoms with Gasteiger partial charge >= 0.3 is 6.09 Å². The van der Waals surface area contributed by atoms with Crippen LogP contribution in [0.4, 0.5) is 4.79 Å². The zero-order chi connectivity index (χ0) is 21.0. The predicted octanol–water partition coefficient (Wildman–Crippen LogP) is 2.76. The van der Waals surface area contributed by atoms with Gasteiger partial charge < -0.3 is 25.4 Å². The Kier molecular flexibility index (Phi) is 3.93. The number of fused-ring (bicyclic) bond motifs is 3. The number of ketones is 2. The molecule has 0 radical (unpaired) electrons. The van der Waals surface area contributed by atoms with Gasteiger partial charge in [-0.25, -0.2) is 4.79 Å². The van der Waals surface area contributed by atoms with Crippen LogP contribution in [0, 0.1) is 6.92 Å². The fourth-order valence-corrected chi connectivity index (χ4v) is 3.54. The first-order chi connectivity index (χ1) is 13.8. The van der Waals surface area contributed by atoms with E-state index in [4.69, 9.17) is 4.74 Å². The van der Waals surface area contributed by atoms with Crippen LogP contribution < -0.4 is 10.1 Å². The summed E-state index contributed by atoms with van der Waals surface area (Å²) >= 11 is 0. The molecule has 3 aromatic rings. The molecule has 1 aliphatic carbocycles. The number of carbonyl (C=O) groups excluding carboxylic acids is 3. The Labute approximate surface area is 164 Å². The van der Waals surface area contributed by atoms with E-state index in [9.17, 15) is 29.7 Å². The monoisotopic (exact) mass is 393 g/mol. The van der Waals surface area contributed by atoms with Crippen molar-refractivity contribution in [2.24, 2.45) is 0 Å². The van der Waals surface area contributed by atoms with Gasteiger partial charge in [0, 0.05) is 29.3 Å². The van der Waals surface area contributed by atoms with Crippen molar-refractivity contribution in [3.63, 3.8) is 0 Å². The maximum Gasteiger partial charge on any atom is 0.412 e. The summed E-state index contributed by atoms with van der Waals surface area (Å²) in [5, 5.41) is 34.0. The van der Waals surface area contributed by atoms with Crippen molar-refractivity contribution in [3.8, 4) is 23.0 Å². The fraction of sp³-hybridized carbons (Fsp3) is 0.0952. The van der Waals surface area contributed by atoms with Gasteiger partial charge in [-0.3, -0.25) is 9.59 Å². The first kappa shape index (κ1) is 18.3. The lowest BCUT2D eigenvalue weighted by Crippen LogP contribution is -2.22. The Morgan fingerprint density at radius 3 is 2.17 bits per heavy atom. The molecule has 0 spiro atoms. The van der Waals surface area contributed by atoms with E-state index in [1.54, 1.807) is 12.1 Å². The number of nitrogens with one attached hydrogen (secondary N) is 1. The normalized spacial score (nSPS) is 12.5. The van der Waals surface area contributed by atoms with Gasteiger partial charge in [0.15, 0.2) is 23.1 Å². The van der Waals surface area contributed by atoms with Crippen LogP contribution in [-0.4, -0.2) is 40.0 Å². The van der Waals surface area contributed by atoms with Crippen LogP contribution in [0.5, 0.6) is 23.0 Å². The van der Waals surface area contributed by atoms with Crippen molar-refractivity contribution in [1.29, 1.82) is 0 Å². The van der Waals surface area contributed by atoms with Crippen LogP contribution in [0.2, 0.25) is 0 Å². The molecule has 146 valence electrons. The number of amides is 1. The summed E-state index contributed by atoms with van der Waals surface area (Å²) in [6.45, 7) is 1.46. The number of aryl methyl sites for hydroxylation is 1. The zero-order valence-electron chi connectivity index (χ0n) is 15.4. The maximum atomic E-state index is 13.0. The molecule has 0 fully saturated rings. The van der Waals surface area contributed by atoms with Crippen molar-refractivity contribution in [2.75, 3.05) is 7.05 Å². The number of hydrogen-bond donors (Lipinski definition) is 4. The van der Waals surface area contributed by atoms with E-state index in [2.05, 4.69) is 5.32 Å². The van der Waals surface area contributed by atoms with Gasteiger partial charge in [-0.1, -0.05) is 24.3 Å². The van der Waals surface area contributed by atoms with Crippen molar-refractivity contribution in [2.45, 2.75) is 6.92 Å². The molecular formula is C21H15NO7. The highest BCUT2D eigenvalue weighted by atomic mass is 16.6. The molecule has 1 amide bonds. The summed E-state index contributed by atoms with van der Waals surface area (Å²) in [6, 6.07) is 7.55. The fourth-order valence-electron chi connectivity index (χ4n) is 3.54. The third kappa shape index (κ3) is 2.42. The third-order valence-corrected chi connectivity index (χ3v) is 5.01. The largest absolute Gasteiger partial charge is 0.506 e. The minimum absolute atomic E-state index is 0.0411. The molecule has 0 saturated heterocycles. The molecule has 3 aromatic carbocycles. The van der Waals surface area contributed by atoms with Gasteiger partial charge in [0.1, 0.15) is 5.75 Å². The molecule has 0 saturated carbocycles. The highest BCUT2D eigenvalue weighted by Crippen LogP contribution is 2.50. The van der Waals surface area contributed by atoms with E-state index in [0.717, 1.165) is 0 Å². The Balaban J connectivity index is 2.09. The van der Waals surface area contributed by atoms with Gasteiger partial charge in [-0.05, 0) is 18.4 Å². The molecule has 0 atom stereocenters. The number of phenols is 3. The van der Waals surface area contributed by atoms with Gasteiger partial charge in [0.25, 0.3) is 0 Å². The zero-order valence-corrected chi connectivity index (χ0v) is 15.4. The summed E-state index contributed by atoms with van der Waals surface area (Å²) in [5.41, 5.74) is 0.188. The highest BCUT2D eigenvalue weighted by Gasteiger charge is 2.35. The highest BCUT2D eigenvalue weighted by molar-refractivity contribution is 6.31. The summed E-state index contributed by atoms with van der Waals surface area (Å²) in [6.07, 6.45) is -0.952. The van der Waals surface area contributed by atoms with Crippen molar-refractivity contribution < 1.29 is 34.4 Å². The molecule has 8 heteroatoms. The molecule has 0 aliphatic heterocycles. The quantitative estimate of drug-likeness (QED) is 0.391. The van der Waals surface area contributed by atoms with E-state index in [1.165, 1.54) is 32.2 Å². The van der Waals surface area contributed by atoms with E-state index in [0.29, 0.717) is 0 Å². The first-order valence-corrected chi connectivity index (χ1v) is 8.60. The van der Waals surface area contributed by atoms with Crippen LogP contribution >= 0.6 is 0 Å². The van der Waals surface area contributed by atoms with Gasteiger partial charge in [-0.15, -0.1) is 0 Å². The smallest absolute Gasteiger partial charge is 0.412 e. The van der Waals surface area contributed by atoms with Gasteiger partial charge in [0.05, 0.1) is 10.9 Å². The number of benzene rings is 3. The average Bonchev–Trinajstić information content (AvgIpc) is 2.72. The lowest BCUT2D eigenvalue weighted by Gasteiger charge is -2.21. The topological polar surface area (TPSA) is 133 Å². The first-order valence-electron chi connectivity index (χ1n) is 8.60. The average molecular weight is 393 g/mol. The second kappa shape index (κ2) is 6.23. The van der Waals surface area contributed by atoms with Crippen LogP contribution in [0.1, 0.15) is 37.4 Å². The van der Waals surface area contributed by atoms with E-state index < -0.39 is 40.7 Å². The van der Waals surface area contributed by atoms with Crippen molar-refractivity contribution in [1.82, 2.24) is 5.32 Å². The molecule has 0 bridgehead atoms. The lowest BCUT2D eigenvalue weighted by atomic mass is 9.81. The van der Waals surface area contributed by atoms with E-state index in [1.807, 2.05) is 0 Å². The number of aromatic hydroxyl groups is 3. The molecular weight excluding hydrogens is 378 g/mol. The van der Waals surface area contributed by atoms with E-state index >= 15 is 0 Å². The minimum atomic E-state index is -0.952. The number of carbonyl (C=O) groups is 3. The molecule has 29 heavy (non-hydrogen) atoms. The van der Waals surface area contributed by atoms with E-state index in [-0.39, 0.29) is 38.6 Å². The van der Waals surface area contributed by atoms with Crippen LogP contribution in [0.15, 0.2) is 30.3 Å². The van der Waals surface area contributed by atoms with Crippen molar-refractivity contribution in [3.05, 3.63) is 58.1 Å². The second-order valence-electron chi connectivity index (χ2n) is 6.56. The number of ether oxygens (including phenoxy) is 1. The van der Waals surface area contributed by atoms with Crippen LogP contribution in [-0.2, 0) is 0 Å². The third-order valence-electron chi connectivity index (χ3n) is 5.01. The minimum Gasteiger partial charge on any atom is -0.506 e. The molecule has 0 heterocycles. The predicted molar refractivity (Wildman–Crippen MR) is 102 cm³/mol. The second-order valence-corrected chi connectivity index (χ2v) is 6.56. The van der Waals surface area contributed by atoms with Crippen molar-refractivity contribution >= 4 is 28.4 Å². The lowest BCUT2D eigenvalue weighted by molar-refractivity contribution is 0.0977. The van der Waals surface area contributed by atoms with Gasteiger partial charge in [-0.2, -0.15) is 0 Å². The molecule has 8 nitrogen and oxygen atoms in total. The molecule has 1 aliphatic rings. The Morgan fingerprint density at radius 2 is 1.55 bits per heavy atom. The summed E-state index contributed by atoms with van der Waals surface area (Å²) < 4.78 is 4.90. The number of phenolic OH excluding ortho intramolecular Hbond substituents is 3. The van der Waals surface area contributed by atoms with Crippen LogP contribution in [0.3, 0.4) is 0 Å². The Morgan fingerprint density at radius 1 is 0.931 bits per heavy atom. The standard InChI is InChI=1S/C21H15NO7/c1-8-11-7-12-14(17(25)10-6-4-3-5-9(10)16(12)24)18(26)13(11)19(27)20(15(8)23)29-21(28)22-2/h3-7,23,26-27H,1-2H3,(H,22,28). The molecule has 0 unspecified atom stereocenters. The SMILES string of the molecule is CNC(=O)Oc1c(O)c(C)c2cc3c(c(O)c2c1O)C(=O)c1ccccc1C3=O. The summed E-state index contributed by atoms with van der Waals surface area (Å²) in [4.78, 5) is 37.4. The molecule has 4 rings (SSSR count). The van der Waals surface area contributed by atoms with Gasteiger partial charge in [0.2, 0.25) is 5.75 Å². The maximum absolute atomic E-state index is 13.0. The van der Waals surface area contributed by atoms with Crippen LogP contribution in [0.25, 0.3) is 10.8 Å². The summed E-state index contributed by atoms with van der Waals surface area (Å²) in [7, 11) is 1.29. The Hall–Kier alpha value is -4.07.